The summed E-state index contributed by atoms with van der Waals surface area (Å²) >= 11 is 0. The van der Waals surface area contributed by atoms with Crippen LogP contribution >= 0.6 is 0 Å². The molecule has 27 heavy (non-hydrogen) atoms. The number of tetrazole rings is 1. The number of aromatic nitrogens is 7. The van der Waals surface area contributed by atoms with Gasteiger partial charge in [0, 0.05) is 12.7 Å². The first-order valence-corrected chi connectivity index (χ1v) is 7.61. The Morgan fingerprint density at radius 3 is 2.67 bits per heavy atom. The molecule has 2 heterocycles. The molecule has 0 saturated carbocycles. The van der Waals surface area contributed by atoms with E-state index in [1.165, 1.54) is 16.8 Å². The third kappa shape index (κ3) is 4.02. The Labute approximate surface area is 150 Å². The van der Waals surface area contributed by atoms with Gasteiger partial charge in [-0.25, -0.2) is 19.1 Å². The van der Waals surface area contributed by atoms with Gasteiger partial charge in [0.25, 0.3) is 0 Å². The Morgan fingerprint density at radius 2 is 2.07 bits per heavy atom. The molecule has 0 spiro atoms. The van der Waals surface area contributed by atoms with Crippen LogP contribution in [0, 0.1) is 0 Å². The van der Waals surface area contributed by atoms with Crippen molar-refractivity contribution in [3.8, 4) is 5.69 Å². The SMILES string of the molecule is C[C@H](NC(=O)Nc1ccc(-n2cncn2)c(C(F)(F)F)c1)c1nnnn1C. The van der Waals surface area contributed by atoms with Crippen molar-refractivity contribution < 1.29 is 18.0 Å². The molecule has 0 saturated heterocycles. The highest BCUT2D eigenvalue weighted by atomic mass is 19.4. The lowest BCUT2D eigenvalue weighted by Gasteiger charge is -2.16. The van der Waals surface area contributed by atoms with Crippen molar-refractivity contribution in [3.05, 3.63) is 42.2 Å². The van der Waals surface area contributed by atoms with Gasteiger partial charge in [-0.1, -0.05) is 0 Å². The molecular weight excluding hydrogens is 367 g/mol. The molecule has 2 amide bonds. The lowest BCUT2D eigenvalue weighted by atomic mass is 10.1. The van der Waals surface area contributed by atoms with Crippen LogP contribution in [0.2, 0.25) is 0 Å². The maximum absolute atomic E-state index is 13.4. The fourth-order valence-corrected chi connectivity index (χ4v) is 2.40. The number of hydrogen-bond donors (Lipinski definition) is 2. The summed E-state index contributed by atoms with van der Waals surface area (Å²) in [6, 6.07) is 2.10. The van der Waals surface area contributed by atoms with E-state index in [2.05, 4.69) is 36.2 Å². The number of aryl methyl sites for hydroxylation is 1. The fourth-order valence-electron chi connectivity index (χ4n) is 2.40. The van der Waals surface area contributed by atoms with Crippen LogP contribution in [0.25, 0.3) is 5.69 Å². The largest absolute Gasteiger partial charge is 0.418 e. The van der Waals surface area contributed by atoms with E-state index in [0.717, 1.165) is 23.4 Å². The van der Waals surface area contributed by atoms with Gasteiger partial charge in [0.05, 0.1) is 17.3 Å². The normalized spacial score (nSPS) is 12.6. The molecule has 3 aromatic rings. The summed E-state index contributed by atoms with van der Waals surface area (Å²) in [5.41, 5.74) is -1.20. The van der Waals surface area contributed by atoms with Gasteiger partial charge in [0.2, 0.25) is 0 Å². The van der Waals surface area contributed by atoms with Crippen LogP contribution in [-0.4, -0.2) is 41.0 Å². The first-order chi connectivity index (χ1) is 12.8. The molecule has 0 aliphatic carbocycles. The highest BCUT2D eigenvalue weighted by Crippen LogP contribution is 2.35. The molecule has 0 aliphatic heterocycles. The number of carbonyl (C=O) groups is 1. The molecule has 1 aromatic carbocycles. The quantitative estimate of drug-likeness (QED) is 0.711. The molecule has 13 heteroatoms. The third-order valence-corrected chi connectivity index (χ3v) is 3.61. The minimum Gasteiger partial charge on any atom is -0.328 e. The monoisotopic (exact) mass is 381 g/mol. The van der Waals surface area contributed by atoms with Gasteiger partial charge in [0.1, 0.15) is 12.7 Å². The zero-order valence-corrected chi connectivity index (χ0v) is 14.1. The molecule has 142 valence electrons. The molecule has 1 atom stereocenters. The van der Waals surface area contributed by atoms with Crippen molar-refractivity contribution in [1.29, 1.82) is 0 Å². The predicted octanol–water partition coefficient (Wildman–Crippen LogP) is 1.69. The van der Waals surface area contributed by atoms with Gasteiger partial charge in [-0.3, -0.25) is 0 Å². The number of nitrogens with zero attached hydrogens (tertiary/aromatic N) is 7. The average Bonchev–Trinajstić information content (AvgIpc) is 3.25. The summed E-state index contributed by atoms with van der Waals surface area (Å²) in [4.78, 5) is 15.7. The summed E-state index contributed by atoms with van der Waals surface area (Å²) in [6.07, 6.45) is -2.36. The minimum absolute atomic E-state index is 0.0352. The second-order valence-corrected chi connectivity index (χ2v) is 5.55. The number of amides is 2. The lowest BCUT2D eigenvalue weighted by Crippen LogP contribution is -2.32. The molecule has 0 aliphatic rings. The van der Waals surface area contributed by atoms with E-state index in [9.17, 15) is 18.0 Å². The molecular formula is C14H14F3N9O. The molecule has 0 bridgehead atoms. The van der Waals surface area contributed by atoms with E-state index in [4.69, 9.17) is 0 Å². The number of urea groups is 1. The topological polar surface area (TPSA) is 115 Å². The van der Waals surface area contributed by atoms with Crippen molar-refractivity contribution in [2.75, 3.05) is 5.32 Å². The number of carbonyl (C=O) groups excluding carboxylic acids is 1. The second kappa shape index (κ2) is 7.01. The van der Waals surface area contributed by atoms with Crippen molar-refractivity contribution in [2.24, 2.45) is 7.05 Å². The minimum atomic E-state index is -4.65. The molecule has 2 aromatic heterocycles. The van der Waals surface area contributed by atoms with Crippen molar-refractivity contribution >= 4 is 11.7 Å². The first-order valence-electron chi connectivity index (χ1n) is 7.61. The molecule has 2 N–H and O–H groups in total. The van der Waals surface area contributed by atoms with E-state index in [0.29, 0.717) is 5.82 Å². The maximum atomic E-state index is 13.4. The summed E-state index contributed by atoms with van der Waals surface area (Å²) in [5.74, 6) is 0.391. The highest BCUT2D eigenvalue weighted by molar-refractivity contribution is 5.89. The van der Waals surface area contributed by atoms with Crippen molar-refractivity contribution in [2.45, 2.75) is 19.1 Å². The predicted molar refractivity (Wildman–Crippen MR) is 85.7 cm³/mol. The van der Waals surface area contributed by atoms with Gasteiger partial charge in [0.15, 0.2) is 5.82 Å². The van der Waals surface area contributed by atoms with E-state index < -0.39 is 23.8 Å². The summed E-state index contributed by atoms with van der Waals surface area (Å²) < 4.78 is 42.5. The Kier molecular flexibility index (Phi) is 4.75. The maximum Gasteiger partial charge on any atom is 0.418 e. The van der Waals surface area contributed by atoms with Crippen LogP contribution in [0.1, 0.15) is 24.4 Å². The van der Waals surface area contributed by atoms with Crippen LogP contribution in [0.3, 0.4) is 0 Å². The number of nitrogens with one attached hydrogen (secondary N) is 2. The standard InChI is InChI=1S/C14H14F3N9O/c1-8(12-22-23-24-25(12)2)20-13(27)21-9-3-4-11(26-7-18-6-19-26)10(5-9)14(15,16)17/h3-8H,1-2H3,(H2,20,21,27)/t8-/m0/s1. The van der Waals surface area contributed by atoms with Crippen LogP contribution < -0.4 is 10.6 Å². The molecule has 0 fully saturated rings. The van der Waals surface area contributed by atoms with Crippen LogP contribution in [0.4, 0.5) is 23.7 Å². The third-order valence-electron chi connectivity index (χ3n) is 3.61. The Balaban J connectivity index is 1.79. The van der Waals surface area contributed by atoms with Gasteiger partial charge in [-0.15, -0.1) is 5.10 Å². The van der Waals surface area contributed by atoms with E-state index in [-0.39, 0.29) is 11.4 Å². The summed E-state index contributed by atoms with van der Waals surface area (Å²) in [5, 5.41) is 19.5. The summed E-state index contributed by atoms with van der Waals surface area (Å²) in [7, 11) is 1.60. The lowest BCUT2D eigenvalue weighted by molar-refractivity contribution is -0.137. The van der Waals surface area contributed by atoms with Crippen LogP contribution in [-0.2, 0) is 13.2 Å². The number of halogens is 3. The van der Waals surface area contributed by atoms with Gasteiger partial charge >= 0.3 is 12.2 Å². The molecule has 0 unspecified atom stereocenters. The molecule has 3 rings (SSSR count). The number of anilines is 1. The Bertz CT molecular complexity index is 936. The summed E-state index contributed by atoms with van der Waals surface area (Å²) in [6.45, 7) is 1.64. The van der Waals surface area contributed by atoms with Crippen molar-refractivity contribution in [3.63, 3.8) is 0 Å². The number of rotatable bonds is 4. The van der Waals surface area contributed by atoms with Gasteiger partial charge in [-0.05, 0) is 35.5 Å². The molecule has 0 radical (unpaired) electrons. The van der Waals surface area contributed by atoms with E-state index >= 15 is 0 Å². The smallest absolute Gasteiger partial charge is 0.328 e. The van der Waals surface area contributed by atoms with Gasteiger partial charge in [-0.2, -0.15) is 18.3 Å². The zero-order valence-electron chi connectivity index (χ0n) is 14.1. The van der Waals surface area contributed by atoms with Crippen LogP contribution in [0.5, 0.6) is 0 Å². The average molecular weight is 381 g/mol. The first kappa shape index (κ1) is 18.3. The van der Waals surface area contributed by atoms with Gasteiger partial charge < -0.3 is 10.6 Å². The van der Waals surface area contributed by atoms with E-state index in [1.807, 2.05) is 0 Å². The fraction of sp³-hybridized carbons (Fsp3) is 0.286. The highest BCUT2D eigenvalue weighted by Gasteiger charge is 2.34. The Morgan fingerprint density at radius 1 is 1.30 bits per heavy atom. The zero-order chi connectivity index (χ0) is 19.6. The number of hydrogen-bond acceptors (Lipinski definition) is 6. The second-order valence-electron chi connectivity index (χ2n) is 5.55. The van der Waals surface area contributed by atoms with Crippen LogP contribution in [0.15, 0.2) is 30.9 Å². The van der Waals surface area contributed by atoms with E-state index in [1.54, 1.807) is 14.0 Å². The number of benzene rings is 1. The molecule has 10 nitrogen and oxygen atoms in total. The number of alkyl halides is 3. The Hall–Kier alpha value is -3.51. The van der Waals surface area contributed by atoms with Crippen molar-refractivity contribution in [1.82, 2.24) is 40.3 Å².